The van der Waals surface area contributed by atoms with Crippen LogP contribution in [0.1, 0.15) is 10.4 Å². The van der Waals surface area contributed by atoms with Crippen molar-refractivity contribution in [1.29, 1.82) is 0 Å². The van der Waals surface area contributed by atoms with E-state index in [9.17, 15) is 22.0 Å². The predicted octanol–water partition coefficient (Wildman–Crippen LogP) is 2.73. The van der Waals surface area contributed by atoms with Gasteiger partial charge < -0.3 is 5.11 Å². The van der Waals surface area contributed by atoms with Crippen molar-refractivity contribution in [2.45, 2.75) is 4.90 Å². The molecule has 0 saturated heterocycles. The van der Waals surface area contributed by atoms with Crippen LogP contribution >= 0.6 is 0 Å². The minimum absolute atomic E-state index is 0.0489. The van der Waals surface area contributed by atoms with Crippen LogP contribution in [-0.2, 0) is 9.84 Å². The summed E-state index contributed by atoms with van der Waals surface area (Å²) in [5.74, 6) is -3.03. The average molecular weight is 312 g/mol. The van der Waals surface area contributed by atoms with E-state index in [0.29, 0.717) is 6.07 Å². The van der Waals surface area contributed by atoms with Gasteiger partial charge in [-0.25, -0.2) is 22.0 Å². The summed E-state index contributed by atoms with van der Waals surface area (Å²) < 4.78 is 49.8. The molecule has 1 N–H and O–H groups in total. The second-order valence-corrected chi connectivity index (χ2v) is 6.46. The third-order valence-corrected chi connectivity index (χ3v) is 3.92. The van der Waals surface area contributed by atoms with Crippen LogP contribution in [0.3, 0.4) is 0 Å². The lowest BCUT2D eigenvalue weighted by molar-refractivity contribution is 0.0696. The Balaban J connectivity index is 2.74. The first-order chi connectivity index (χ1) is 9.68. The molecular weight excluding hydrogens is 302 g/mol. The zero-order valence-electron chi connectivity index (χ0n) is 10.8. The van der Waals surface area contributed by atoms with Crippen LogP contribution in [0.25, 0.3) is 11.1 Å². The molecule has 0 fully saturated rings. The zero-order valence-corrected chi connectivity index (χ0v) is 11.6. The first kappa shape index (κ1) is 15.1. The molecule has 0 spiro atoms. The van der Waals surface area contributed by atoms with Crippen LogP contribution in [0.5, 0.6) is 0 Å². The third-order valence-electron chi connectivity index (χ3n) is 2.82. The molecule has 0 aliphatic rings. The monoisotopic (exact) mass is 312 g/mol. The van der Waals surface area contributed by atoms with Gasteiger partial charge in [0.15, 0.2) is 9.84 Å². The molecule has 2 aromatic carbocycles. The summed E-state index contributed by atoms with van der Waals surface area (Å²) in [5.41, 5.74) is -0.325. The Kier molecular flexibility index (Phi) is 3.78. The normalized spacial score (nSPS) is 11.4. The Hall–Kier alpha value is -2.28. The first-order valence-electron chi connectivity index (χ1n) is 5.72. The van der Waals surface area contributed by atoms with E-state index < -0.39 is 27.4 Å². The van der Waals surface area contributed by atoms with Gasteiger partial charge in [0.1, 0.15) is 11.6 Å². The largest absolute Gasteiger partial charge is 0.478 e. The predicted molar refractivity (Wildman–Crippen MR) is 71.9 cm³/mol. The van der Waals surface area contributed by atoms with E-state index in [4.69, 9.17) is 5.11 Å². The van der Waals surface area contributed by atoms with Gasteiger partial charge in [0, 0.05) is 17.9 Å². The number of carboxylic acid groups (broad SMARTS) is 1. The molecule has 0 aliphatic carbocycles. The van der Waals surface area contributed by atoms with Crippen LogP contribution in [0.4, 0.5) is 8.78 Å². The van der Waals surface area contributed by atoms with Gasteiger partial charge in [-0.15, -0.1) is 0 Å². The molecule has 2 rings (SSSR count). The molecule has 0 aromatic heterocycles. The van der Waals surface area contributed by atoms with E-state index in [0.717, 1.165) is 36.6 Å². The van der Waals surface area contributed by atoms with Crippen LogP contribution in [0.2, 0.25) is 0 Å². The highest BCUT2D eigenvalue weighted by Gasteiger charge is 2.16. The summed E-state index contributed by atoms with van der Waals surface area (Å²) in [6, 6.07) is 6.04. The summed E-state index contributed by atoms with van der Waals surface area (Å²) >= 11 is 0. The number of rotatable bonds is 3. The van der Waals surface area contributed by atoms with E-state index in [1.54, 1.807) is 0 Å². The Bertz CT molecular complexity index is 829. The van der Waals surface area contributed by atoms with Crippen LogP contribution < -0.4 is 0 Å². The van der Waals surface area contributed by atoms with E-state index >= 15 is 0 Å². The molecule has 7 heteroatoms. The Morgan fingerprint density at radius 1 is 1.10 bits per heavy atom. The van der Waals surface area contributed by atoms with Crippen molar-refractivity contribution in [1.82, 2.24) is 0 Å². The Morgan fingerprint density at radius 3 is 2.29 bits per heavy atom. The second-order valence-electron chi connectivity index (χ2n) is 4.45. The highest BCUT2D eigenvalue weighted by Crippen LogP contribution is 2.27. The summed E-state index contributed by atoms with van der Waals surface area (Å²) in [5, 5.41) is 9.01. The van der Waals surface area contributed by atoms with Crippen molar-refractivity contribution in [2.75, 3.05) is 6.26 Å². The standard InChI is InChI=1S/C14H10F2O4S/c1-21(19,20)11-5-8(4-9(6-11)14(17)18)12-3-2-10(15)7-13(12)16/h2-7H,1H3,(H,17,18). The summed E-state index contributed by atoms with van der Waals surface area (Å²) in [7, 11) is -3.67. The van der Waals surface area contributed by atoms with Crippen molar-refractivity contribution in [2.24, 2.45) is 0 Å². The van der Waals surface area contributed by atoms with Gasteiger partial charge in [-0.3, -0.25) is 0 Å². The third kappa shape index (κ3) is 3.25. The zero-order chi connectivity index (χ0) is 15.8. The molecule has 0 atom stereocenters. The van der Waals surface area contributed by atoms with Gasteiger partial charge >= 0.3 is 5.97 Å². The summed E-state index contributed by atoms with van der Waals surface area (Å²) in [4.78, 5) is 10.8. The van der Waals surface area contributed by atoms with Crippen LogP contribution in [-0.4, -0.2) is 25.7 Å². The molecule has 0 amide bonds. The quantitative estimate of drug-likeness (QED) is 0.946. The lowest BCUT2D eigenvalue weighted by atomic mass is 10.0. The van der Waals surface area contributed by atoms with Gasteiger partial charge in [-0.2, -0.15) is 0 Å². The average Bonchev–Trinajstić information content (AvgIpc) is 2.37. The van der Waals surface area contributed by atoms with Crippen molar-refractivity contribution in [3.05, 3.63) is 53.6 Å². The van der Waals surface area contributed by atoms with Crippen molar-refractivity contribution in [3.63, 3.8) is 0 Å². The molecule has 4 nitrogen and oxygen atoms in total. The van der Waals surface area contributed by atoms with Gasteiger partial charge in [0.05, 0.1) is 10.5 Å². The lowest BCUT2D eigenvalue weighted by Gasteiger charge is -2.08. The fourth-order valence-electron chi connectivity index (χ4n) is 1.82. The number of sulfone groups is 1. The van der Waals surface area contributed by atoms with Gasteiger partial charge in [-0.05, 0) is 35.9 Å². The topological polar surface area (TPSA) is 71.4 Å². The first-order valence-corrected chi connectivity index (χ1v) is 7.61. The maximum atomic E-state index is 13.8. The molecular formula is C14H10F2O4S. The molecule has 21 heavy (non-hydrogen) atoms. The number of halogens is 2. The highest BCUT2D eigenvalue weighted by molar-refractivity contribution is 7.90. The number of hydrogen-bond donors (Lipinski definition) is 1. The number of hydrogen-bond acceptors (Lipinski definition) is 3. The number of benzene rings is 2. The van der Waals surface area contributed by atoms with E-state index in [2.05, 4.69) is 0 Å². The van der Waals surface area contributed by atoms with E-state index in [-0.39, 0.29) is 21.6 Å². The highest BCUT2D eigenvalue weighted by atomic mass is 32.2. The molecule has 0 saturated carbocycles. The summed E-state index contributed by atoms with van der Waals surface area (Å²) in [6.07, 6.45) is 0.915. The van der Waals surface area contributed by atoms with Crippen molar-refractivity contribution >= 4 is 15.8 Å². The minimum atomic E-state index is -3.67. The van der Waals surface area contributed by atoms with Crippen LogP contribution in [0, 0.1) is 11.6 Å². The van der Waals surface area contributed by atoms with Crippen molar-refractivity contribution < 1.29 is 27.1 Å². The smallest absolute Gasteiger partial charge is 0.335 e. The molecule has 0 heterocycles. The molecule has 110 valence electrons. The number of carboxylic acids is 1. The van der Waals surface area contributed by atoms with Gasteiger partial charge in [0.25, 0.3) is 0 Å². The molecule has 0 bridgehead atoms. The Morgan fingerprint density at radius 2 is 1.76 bits per heavy atom. The maximum absolute atomic E-state index is 13.8. The number of carbonyl (C=O) groups is 1. The molecule has 0 aliphatic heterocycles. The van der Waals surface area contributed by atoms with E-state index in [1.165, 1.54) is 0 Å². The molecule has 2 aromatic rings. The van der Waals surface area contributed by atoms with Crippen molar-refractivity contribution in [3.8, 4) is 11.1 Å². The maximum Gasteiger partial charge on any atom is 0.335 e. The molecule has 0 unspecified atom stereocenters. The number of aromatic carboxylic acids is 1. The second kappa shape index (κ2) is 5.25. The summed E-state index contributed by atoms with van der Waals surface area (Å²) in [6.45, 7) is 0. The van der Waals surface area contributed by atoms with E-state index in [1.807, 2.05) is 0 Å². The Labute approximate surface area is 119 Å². The molecule has 0 radical (unpaired) electrons. The lowest BCUT2D eigenvalue weighted by Crippen LogP contribution is -2.03. The minimum Gasteiger partial charge on any atom is -0.478 e. The SMILES string of the molecule is CS(=O)(=O)c1cc(C(=O)O)cc(-c2ccc(F)cc2F)c1. The van der Waals surface area contributed by atoms with Crippen LogP contribution in [0.15, 0.2) is 41.3 Å². The van der Waals surface area contributed by atoms with Gasteiger partial charge in [0.2, 0.25) is 0 Å². The van der Waals surface area contributed by atoms with Gasteiger partial charge in [-0.1, -0.05) is 0 Å². The fourth-order valence-corrected chi connectivity index (χ4v) is 2.50. The fraction of sp³-hybridized carbons (Fsp3) is 0.0714.